The summed E-state index contributed by atoms with van der Waals surface area (Å²) in [6, 6.07) is 7.22. The molecule has 0 saturated heterocycles. The van der Waals surface area contributed by atoms with Gasteiger partial charge in [0, 0.05) is 5.56 Å². The fourth-order valence-electron chi connectivity index (χ4n) is 2.82. The molecule has 4 nitrogen and oxygen atoms in total. The van der Waals surface area contributed by atoms with Crippen molar-refractivity contribution in [2.24, 2.45) is 5.41 Å². The molecule has 2 rings (SSSR count). The van der Waals surface area contributed by atoms with Gasteiger partial charge in [0.05, 0.1) is 18.1 Å². The number of carbonyl (C=O) groups excluding carboxylic acids is 2. The second-order valence-corrected chi connectivity index (χ2v) is 6.18. The van der Waals surface area contributed by atoms with E-state index in [1.807, 2.05) is 26.0 Å². The quantitative estimate of drug-likeness (QED) is 0.613. The lowest BCUT2D eigenvalue weighted by atomic mass is 9.74. The average Bonchev–Trinajstić information content (AvgIpc) is 2.50. The predicted octanol–water partition coefficient (Wildman–Crippen LogP) is 3.78. The standard InChI is InChI=1S/C18H24O4/c1-4-21-17(20)18(3)11-9-16(10-12-18)22-15-7-5-14(6-8-15)13(2)19/h5-8,16H,4,9-12H2,1-3H3/t16-,18-. The number of esters is 1. The fraction of sp³-hybridized carbons (Fsp3) is 0.556. The SMILES string of the molecule is CCOC(=O)[C@]1(C)CC[C@@H](Oc2ccc(C(C)=O)cc2)CC1. The van der Waals surface area contributed by atoms with Gasteiger partial charge in [0.25, 0.3) is 0 Å². The highest BCUT2D eigenvalue weighted by Gasteiger charge is 2.39. The maximum Gasteiger partial charge on any atom is 0.311 e. The molecular weight excluding hydrogens is 280 g/mol. The number of hydrogen-bond donors (Lipinski definition) is 0. The zero-order chi connectivity index (χ0) is 16.2. The Hall–Kier alpha value is -1.84. The molecule has 0 amide bonds. The number of benzene rings is 1. The molecule has 1 fully saturated rings. The van der Waals surface area contributed by atoms with E-state index in [1.54, 1.807) is 19.1 Å². The Morgan fingerprint density at radius 2 is 1.77 bits per heavy atom. The Morgan fingerprint density at radius 3 is 2.27 bits per heavy atom. The molecule has 1 aromatic carbocycles. The fourth-order valence-corrected chi connectivity index (χ4v) is 2.82. The van der Waals surface area contributed by atoms with Crippen LogP contribution in [-0.2, 0) is 9.53 Å². The molecule has 0 aromatic heterocycles. The number of Topliss-reactive ketones (excluding diaryl/α,β-unsaturated/α-hetero) is 1. The topological polar surface area (TPSA) is 52.6 Å². The summed E-state index contributed by atoms with van der Waals surface area (Å²) < 4.78 is 11.1. The van der Waals surface area contributed by atoms with E-state index in [9.17, 15) is 9.59 Å². The lowest BCUT2D eigenvalue weighted by molar-refractivity contribution is -0.157. The lowest BCUT2D eigenvalue weighted by Crippen LogP contribution is -2.37. The molecule has 0 heterocycles. The van der Waals surface area contributed by atoms with Gasteiger partial charge in [-0.05, 0) is 70.7 Å². The highest BCUT2D eigenvalue weighted by Crippen LogP contribution is 2.38. The minimum atomic E-state index is -0.381. The summed E-state index contributed by atoms with van der Waals surface area (Å²) in [6.45, 7) is 5.79. The zero-order valence-corrected chi connectivity index (χ0v) is 13.6. The first-order chi connectivity index (χ1) is 10.4. The average molecular weight is 304 g/mol. The summed E-state index contributed by atoms with van der Waals surface area (Å²) in [5.74, 6) is 0.725. The summed E-state index contributed by atoms with van der Waals surface area (Å²) in [7, 11) is 0. The highest BCUT2D eigenvalue weighted by molar-refractivity contribution is 5.94. The number of rotatable bonds is 5. The normalized spacial score (nSPS) is 24.6. The van der Waals surface area contributed by atoms with Gasteiger partial charge in [-0.25, -0.2) is 0 Å². The Balaban J connectivity index is 1.89. The van der Waals surface area contributed by atoms with Crippen molar-refractivity contribution in [3.63, 3.8) is 0 Å². The molecule has 0 aliphatic heterocycles. The Bertz CT molecular complexity index is 525. The summed E-state index contributed by atoms with van der Waals surface area (Å²) in [5.41, 5.74) is 0.305. The van der Waals surface area contributed by atoms with Crippen LogP contribution >= 0.6 is 0 Å². The minimum Gasteiger partial charge on any atom is -0.490 e. The molecule has 120 valence electrons. The van der Waals surface area contributed by atoms with Crippen LogP contribution in [0.1, 0.15) is 56.8 Å². The van der Waals surface area contributed by atoms with E-state index >= 15 is 0 Å². The van der Waals surface area contributed by atoms with Gasteiger partial charge >= 0.3 is 5.97 Å². The smallest absolute Gasteiger partial charge is 0.311 e. The van der Waals surface area contributed by atoms with E-state index in [2.05, 4.69) is 0 Å². The van der Waals surface area contributed by atoms with E-state index in [-0.39, 0.29) is 23.3 Å². The molecule has 0 unspecified atom stereocenters. The molecule has 1 aliphatic carbocycles. The molecule has 0 spiro atoms. The third-order valence-electron chi connectivity index (χ3n) is 4.37. The van der Waals surface area contributed by atoms with Crippen LogP contribution in [0.2, 0.25) is 0 Å². The van der Waals surface area contributed by atoms with Crippen molar-refractivity contribution in [1.82, 2.24) is 0 Å². The van der Waals surface area contributed by atoms with Crippen molar-refractivity contribution in [3.05, 3.63) is 29.8 Å². The summed E-state index contributed by atoms with van der Waals surface area (Å²) in [4.78, 5) is 23.2. The molecule has 0 N–H and O–H groups in total. The van der Waals surface area contributed by atoms with Crippen LogP contribution in [-0.4, -0.2) is 24.5 Å². The largest absolute Gasteiger partial charge is 0.490 e. The van der Waals surface area contributed by atoms with E-state index in [0.29, 0.717) is 12.2 Å². The van der Waals surface area contributed by atoms with Gasteiger partial charge in [-0.15, -0.1) is 0 Å². The number of ether oxygens (including phenoxy) is 2. The first-order valence-electron chi connectivity index (χ1n) is 7.89. The summed E-state index contributed by atoms with van der Waals surface area (Å²) in [5, 5.41) is 0. The van der Waals surface area contributed by atoms with Crippen LogP contribution in [0.25, 0.3) is 0 Å². The van der Waals surface area contributed by atoms with Crippen molar-refractivity contribution in [1.29, 1.82) is 0 Å². The zero-order valence-electron chi connectivity index (χ0n) is 13.6. The Kier molecular flexibility index (Phi) is 5.22. The Labute approximate surface area is 131 Å². The second-order valence-electron chi connectivity index (χ2n) is 6.18. The predicted molar refractivity (Wildman–Crippen MR) is 84.1 cm³/mol. The number of ketones is 1. The molecule has 0 atom stereocenters. The molecule has 4 heteroatoms. The summed E-state index contributed by atoms with van der Waals surface area (Å²) in [6.07, 6.45) is 3.35. The molecule has 22 heavy (non-hydrogen) atoms. The van der Waals surface area contributed by atoms with Crippen LogP contribution in [0.4, 0.5) is 0 Å². The van der Waals surface area contributed by atoms with Crippen molar-refractivity contribution in [2.45, 2.75) is 52.6 Å². The van der Waals surface area contributed by atoms with Crippen LogP contribution in [0.3, 0.4) is 0 Å². The molecule has 1 saturated carbocycles. The van der Waals surface area contributed by atoms with Gasteiger partial charge in [0.2, 0.25) is 0 Å². The number of carbonyl (C=O) groups is 2. The lowest BCUT2D eigenvalue weighted by Gasteiger charge is -2.35. The van der Waals surface area contributed by atoms with E-state index in [0.717, 1.165) is 31.4 Å². The van der Waals surface area contributed by atoms with Crippen molar-refractivity contribution >= 4 is 11.8 Å². The third kappa shape index (κ3) is 3.87. The number of hydrogen-bond acceptors (Lipinski definition) is 4. The summed E-state index contributed by atoms with van der Waals surface area (Å²) >= 11 is 0. The first-order valence-corrected chi connectivity index (χ1v) is 7.89. The van der Waals surface area contributed by atoms with Gasteiger partial charge in [0.1, 0.15) is 5.75 Å². The molecule has 1 aliphatic rings. The van der Waals surface area contributed by atoms with E-state index in [4.69, 9.17) is 9.47 Å². The van der Waals surface area contributed by atoms with Crippen LogP contribution < -0.4 is 4.74 Å². The van der Waals surface area contributed by atoms with Gasteiger partial charge in [-0.2, -0.15) is 0 Å². The second kappa shape index (κ2) is 6.95. The molecular formula is C18H24O4. The molecule has 1 aromatic rings. The van der Waals surface area contributed by atoms with E-state index < -0.39 is 0 Å². The van der Waals surface area contributed by atoms with Crippen LogP contribution in [0.5, 0.6) is 5.75 Å². The minimum absolute atomic E-state index is 0.0504. The van der Waals surface area contributed by atoms with Gasteiger partial charge < -0.3 is 9.47 Å². The van der Waals surface area contributed by atoms with Crippen LogP contribution in [0.15, 0.2) is 24.3 Å². The van der Waals surface area contributed by atoms with Crippen molar-refractivity contribution in [3.8, 4) is 5.75 Å². The third-order valence-corrected chi connectivity index (χ3v) is 4.37. The highest BCUT2D eigenvalue weighted by atomic mass is 16.5. The maximum atomic E-state index is 12.0. The van der Waals surface area contributed by atoms with Crippen molar-refractivity contribution in [2.75, 3.05) is 6.61 Å². The first kappa shape index (κ1) is 16.5. The van der Waals surface area contributed by atoms with Crippen molar-refractivity contribution < 1.29 is 19.1 Å². The molecule has 0 radical (unpaired) electrons. The van der Waals surface area contributed by atoms with E-state index in [1.165, 1.54) is 0 Å². The van der Waals surface area contributed by atoms with Gasteiger partial charge in [-0.1, -0.05) is 0 Å². The Morgan fingerprint density at radius 1 is 1.18 bits per heavy atom. The van der Waals surface area contributed by atoms with Gasteiger partial charge in [-0.3, -0.25) is 9.59 Å². The maximum absolute atomic E-state index is 12.0. The van der Waals surface area contributed by atoms with Crippen LogP contribution in [0, 0.1) is 5.41 Å². The molecule has 0 bridgehead atoms. The monoisotopic (exact) mass is 304 g/mol. The van der Waals surface area contributed by atoms with Gasteiger partial charge in [0.15, 0.2) is 5.78 Å².